The predicted molar refractivity (Wildman–Crippen MR) is 61.1 cm³/mol. The second-order valence-corrected chi connectivity index (χ2v) is 5.49. The van der Waals surface area contributed by atoms with E-state index in [1.54, 1.807) is 12.1 Å². The lowest BCUT2D eigenvalue weighted by Crippen LogP contribution is -2.19. The number of halogens is 5. The van der Waals surface area contributed by atoms with Crippen LogP contribution in [0.2, 0.25) is 10.0 Å². The van der Waals surface area contributed by atoms with Crippen molar-refractivity contribution in [3.63, 3.8) is 0 Å². The van der Waals surface area contributed by atoms with E-state index in [0.29, 0.717) is 0 Å². The second kappa shape index (κ2) is 4.46. The summed E-state index contributed by atoms with van der Waals surface area (Å²) >= 11 is 27.7. The van der Waals surface area contributed by atoms with Crippen molar-refractivity contribution in [2.24, 2.45) is 0 Å². The molecule has 0 aliphatic rings. The number of benzene rings is 1. The van der Waals surface area contributed by atoms with Crippen LogP contribution in [0.5, 0.6) is 0 Å². The molecule has 6 heteroatoms. The molecule has 0 aromatic heterocycles. The summed E-state index contributed by atoms with van der Waals surface area (Å²) in [6.07, 6.45) is 0. The van der Waals surface area contributed by atoms with Crippen molar-refractivity contribution in [1.29, 1.82) is 0 Å². The van der Waals surface area contributed by atoms with Gasteiger partial charge in [-0.1, -0.05) is 64.1 Å². The van der Waals surface area contributed by atoms with Gasteiger partial charge in [0.05, 0.1) is 10.0 Å². The number of hydrogen-bond donors (Lipinski definition) is 0. The topological polar surface area (TPSA) is 17.1 Å². The maximum absolute atomic E-state index is 11.5. The molecule has 1 aromatic carbocycles. The fourth-order valence-corrected chi connectivity index (χ4v) is 1.52. The molecule has 0 atom stereocenters. The van der Waals surface area contributed by atoms with Gasteiger partial charge in [-0.15, -0.1) is 0 Å². The summed E-state index contributed by atoms with van der Waals surface area (Å²) in [5.41, 5.74) is 0.0965. The summed E-state index contributed by atoms with van der Waals surface area (Å²) in [5.74, 6) is -0.699. The SMILES string of the molecule is O=C(c1cccc(Cl)c1Cl)C(Cl)(Cl)Cl. The van der Waals surface area contributed by atoms with Crippen molar-refractivity contribution in [1.82, 2.24) is 0 Å². The molecule has 76 valence electrons. The van der Waals surface area contributed by atoms with E-state index in [4.69, 9.17) is 58.0 Å². The van der Waals surface area contributed by atoms with Crippen LogP contribution in [-0.2, 0) is 0 Å². The molecule has 14 heavy (non-hydrogen) atoms. The molecule has 1 rings (SSSR count). The summed E-state index contributed by atoms with van der Waals surface area (Å²) in [6, 6.07) is 4.54. The average molecular weight is 292 g/mol. The molecule has 1 nitrogen and oxygen atoms in total. The van der Waals surface area contributed by atoms with Crippen molar-refractivity contribution in [3.05, 3.63) is 33.8 Å². The van der Waals surface area contributed by atoms with Gasteiger partial charge in [0.15, 0.2) is 0 Å². The van der Waals surface area contributed by atoms with Crippen LogP contribution in [0.3, 0.4) is 0 Å². The highest BCUT2D eigenvalue weighted by atomic mass is 35.6. The van der Waals surface area contributed by atoms with E-state index in [9.17, 15) is 4.79 Å². The summed E-state index contributed by atoms with van der Waals surface area (Å²) in [4.78, 5) is 11.5. The van der Waals surface area contributed by atoms with Gasteiger partial charge in [0.25, 0.3) is 3.79 Å². The van der Waals surface area contributed by atoms with Gasteiger partial charge in [0, 0.05) is 5.56 Å². The first-order valence-corrected chi connectivity index (χ1v) is 5.28. The molecule has 0 amide bonds. The van der Waals surface area contributed by atoms with Gasteiger partial charge in [-0.2, -0.15) is 0 Å². The third kappa shape index (κ3) is 2.68. The van der Waals surface area contributed by atoms with Gasteiger partial charge in [-0.25, -0.2) is 0 Å². The normalized spacial score (nSPS) is 11.5. The van der Waals surface area contributed by atoms with Crippen molar-refractivity contribution < 1.29 is 4.79 Å². The Morgan fingerprint density at radius 2 is 1.71 bits per heavy atom. The molecule has 0 heterocycles. The number of alkyl halides is 3. The van der Waals surface area contributed by atoms with E-state index in [-0.39, 0.29) is 15.6 Å². The molecule has 0 unspecified atom stereocenters. The minimum atomic E-state index is -2.02. The van der Waals surface area contributed by atoms with Gasteiger partial charge in [-0.05, 0) is 12.1 Å². The van der Waals surface area contributed by atoms with Crippen molar-refractivity contribution in [2.45, 2.75) is 3.79 Å². The fraction of sp³-hybridized carbons (Fsp3) is 0.125. The predicted octanol–water partition coefficient (Wildman–Crippen LogP) is 4.55. The largest absolute Gasteiger partial charge is 0.289 e. The molecule has 0 radical (unpaired) electrons. The van der Waals surface area contributed by atoms with Crippen molar-refractivity contribution in [3.8, 4) is 0 Å². The molecular formula is C8H3Cl5O. The number of ketones is 1. The van der Waals surface area contributed by atoms with Gasteiger partial charge >= 0.3 is 0 Å². The van der Waals surface area contributed by atoms with E-state index in [2.05, 4.69) is 0 Å². The first-order chi connectivity index (χ1) is 6.34. The third-order valence-corrected chi connectivity index (χ3v) is 2.79. The van der Waals surface area contributed by atoms with Crippen LogP contribution in [0.15, 0.2) is 18.2 Å². The zero-order valence-electron chi connectivity index (χ0n) is 6.53. The van der Waals surface area contributed by atoms with Gasteiger partial charge < -0.3 is 0 Å². The van der Waals surface area contributed by atoms with Gasteiger partial charge in [0.1, 0.15) is 0 Å². The van der Waals surface area contributed by atoms with E-state index in [1.165, 1.54) is 6.07 Å². The first-order valence-electron chi connectivity index (χ1n) is 3.39. The summed E-state index contributed by atoms with van der Waals surface area (Å²) in [7, 11) is 0. The minimum absolute atomic E-state index is 0.0884. The Balaban J connectivity index is 3.21. The lowest BCUT2D eigenvalue weighted by molar-refractivity contribution is 0.0996. The summed E-state index contributed by atoms with van der Waals surface area (Å²) in [6.45, 7) is 0. The van der Waals surface area contributed by atoms with E-state index in [1.807, 2.05) is 0 Å². The van der Waals surface area contributed by atoms with E-state index >= 15 is 0 Å². The molecule has 1 aromatic rings. The minimum Gasteiger partial charge on any atom is -0.289 e. The quantitative estimate of drug-likeness (QED) is 0.548. The Hall–Kier alpha value is 0.340. The number of hydrogen-bond acceptors (Lipinski definition) is 1. The molecule has 0 spiro atoms. The fourth-order valence-electron chi connectivity index (χ4n) is 0.832. The molecule has 0 saturated carbocycles. The Kier molecular flexibility index (Phi) is 3.95. The van der Waals surface area contributed by atoms with Gasteiger partial charge in [0.2, 0.25) is 5.78 Å². The molecule has 0 N–H and O–H groups in total. The van der Waals surface area contributed by atoms with Crippen LogP contribution in [0.25, 0.3) is 0 Å². The molecule has 0 aliphatic heterocycles. The smallest absolute Gasteiger partial charge is 0.253 e. The number of rotatable bonds is 1. The highest BCUT2D eigenvalue weighted by Crippen LogP contribution is 2.35. The van der Waals surface area contributed by atoms with Crippen LogP contribution in [-0.4, -0.2) is 9.58 Å². The van der Waals surface area contributed by atoms with Crippen molar-refractivity contribution >= 4 is 63.8 Å². The molecule has 0 fully saturated rings. The monoisotopic (exact) mass is 290 g/mol. The maximum Gasteiger partial charge on any atom is 0.253 e. The van der Waals surface area contributed by atoms with Crippen LogP contribution >= 0.6 is 58.0 Å². The Morgan fingerprint density at radius 3 is 2.21 bits per heavy atom. The molecule has 0 aliphatic carbocycles. The molecule has 0 saturated heterocycles. The standard InChI is InChI=1S/C8H3Cl5O/c9-5-3-1-2-4(6(5)10)7(14)8(11,12)13/h1-3H. The average Bonchev–Trinajstić information content (AvgIpc) is 2.07. The Morgan fingerprint density at radius 1 is 1.14 bits per heavy atom. The van der Waals surface area contributed by atoms with Crippen LogP contribution in [0.4, 0.5) is 0 Å². The molecule has 0 bridgehead atoms. The summed E-state index contributed by atoms with van der Waals surface area (Å²) in [5, 5.41) is 0.331. The lowest BCUT2D eigenvalue weighted by Gasteiger charge is -2.10. The third-order valence-electron chi connectivity index (χ3n) is 1.45. The lowest BCUT2D eigenvalue weighted by atomic mass is 10.1. The van der Waals surface area contributed by atoms with Crippen LogP contribution < -0.4 is 0 Å². The highest BCUT2D eigenvalue weighted by Gasteiger charge is 2.33. The van der Waals surface area contributed by atoms with E-state index < -0.39 is 9.58 Å². The van der Waals surface area contributed by atoms with Crippen LogP contribution in [0.1, 0.15) is 10.4 Å². The Labute approximate surface area is 106 Å². The Bertz CT molecular complexity index is 368. The van der Waals surface area contributed by atoms with Gasteiger partial charge in [-0.3, -0.25) is 4.79 Å². The second-order valence-electron chi connectivity index (χ2n) is 2.43. The summed E-state index contributed by atoms with van der Waals surface area (Å²) < 4.78 is -2.02. The van der Waals surface area contributed by atoms with Crippen molar-refractivity contribution in [2.75, 3.05) is 0 Å². The molecular weight excluding hydrogens is 289 g/mol. The van der Waals surface area contributed by atoms with E-state index in [0.717, 1.165) is 0 Å². The van der Waals surface area contributed by atoms with Crippen LogP contribution in [0, 0.1) is 0 Å². The zero-order valence-corrected chi connectivity index (χ0v) is 10.3. The number of carbonyl (C=O) groups is 1. The maximum atomic E-state index is 11.5. The zero-order chi connectivity index (χ0) is 10.9. The highest BCUT2D eigenvalue weighted by molar-refractivity contribution is 6.77. The number of carbonyl (C=O) groups excluding carboxylic acids is 1. The first kappa shape index (κ1) is 12.4. The number of Topliss-reactive ketones (excluding diaryl/α,β-unsaturated/α-hetero) is 1.